The normalized spacial score (nSPS) is 15.9. The number of rotatable bonds is 5. The van der Waals surface area contributed by atoms with Gasteiger partial charge in [0, 0.05) is 6.20 Å². The van der Waals surface area contributed by atoms with Gasteiger partial charge >= 0.3 is 0 Å². The Balaban J connectivity index is 1.83. The lowest BCUT2D eigenvalue weighted by Crippen LogP contribution is -2.25. The van der Waals surface area contributed by atoms with Gasteiger partial charge in [-0.15, -0.1) is 0 Å². The first-order valence-electron chi connectivity index (χ1n) is 9.38. The van der Waals surface area contributed by atoms with Gasteiger partial charge in [0.1, 0.15) is 5.75 Å². The molecule has 1 saturated carbocycles. The lowest BCUT2D eigenvalue weighted by atomic mass is 9.96. The third-order valence-electron chi connectivity index (χ3n) is 4.78. The van der Waals surface area contributed by atoms with Crippen LogP contribution in [0.4, 0.5) is 0 Å². The quantitative estimate of drug-likeness (QED) is 0.448. The molecule has 1 aromatic carbocycles. The van der Waals surface area contributed by atoms with Crippen molar-refractivity contribution in [3.63, 3.8) is 0 Å². The first kappa shape index (κ1) is 18.4. The number of hydrogen-bond acceptors (Lipinski definition) is 4. The number of ether oxygens (including phenoxy) is 1. The summed E-state index contributed by atoms with van der Waals surface area (Å²) in [5.74, 6) is 2.03. The van der Waals surface area contributed by atoms with Gasteiger partial charge in [-0.05, 0) is 48.6 Å². The van der Waals surface area contributed by atoms with Crippen molar-refractivity contribution < 1.29 is 9.94 Å². The second-order valence-corrected chi connectivity index (χ2v) is 7.06. The van der Waals surface area contributed by atoms with Crippen molar-refractivity contribution >= 4 is 5.84 Å². The predicted molar refractivity (Wildman–Crippen MR) is 103 cm³/mol. The molecule has 1 fully saturated rings. The fraction of sp³-hybridized carbons (Fsp3) is 0.429. The number of hydroxylamine groups is 1. The highest BCUT2D eigenvalue weighted by atomic mass is 16.5. The Bertz CT molecular complexity index is 735. The van der Waals surface area contributed by atoms with Gasteiger partial charge in [-0.2, -0.15) is 0 Å². The van der Waals surface area contributed by atoms with E-state index in [1.54, 1.807) is 6.20 Å². The molecule has 0 saturated heterocycles. The van der Waals surface area contributed by atoms with Crippen molar-refractivity contribution in [1.82, 2.24) is 10.5 Å². The van der Waals surface area contributed by atoms with Crippen LogP contribution in [-0.2, 0) is 0 Å². The van der Waals surface area contributed by atoms with Crippen LogP contribution in [0.1, 0.15) is 63.0 Å². The largest absolute Gasteiger partial charge is 0.438 e. The average Bonchev–Trinajstić information content (AvgIpc) is 2.68. The molecule has 1 heterocycles. The predicted octanol–water partition coefficient (Wildman–Crippen LogP) is 5.06. The number of nitrogens with zero attached hydrogens (tertiary/aromatic N) is 2. The molecule has 5 heteroatoms. The number of amidine groups is 1. The van der Waals surface area contributed by atoms with Crippen molar-refractivity contribution in [2.24, 2.45) is 4.99 Å². The summed E-state index contributed by atoms with van der Waals surface area (Å²) in [5.41, 5.74) is 4.17. The molecular weight excluding hydrogens is 326 g/mol. The molecule has 1 aliphatic rings. The highest BCUT2D eigenvalue weighted by molar-refractivity contribution is 6.00. The number of aliphatic imine (C=N–C) groups is 1. The first-order valence-corrected chi connectivity index (χ1v) is 9.38. The van der Waals surface area contributed by atoms with Crippen LogP contribution in [-0.4, -0.2) is 22.1 Å². The van der Waals surface area contributed by atoms with Crippen molar-refractivity contribution in [3.05, 3.63) is 53.7 Å². The first-order chi connectivity index (χ1) is 12.7. The number of hydrogen-bond donors (Lipinski definition) is 2. The Labute approximate surface area is 155 Å². The van der Waals surface area contributed by atoms with Gasteiger partial charge < -0.3 is 4.74 Å². The van der Waals surface area contributed by atoms with Crippen LogP contribution in [0, 0.1) is 0 Å². The maximum atomic E-state index is 9.63. The van der Waals surface area contributed by atoms with E-state index in [1.807, 2.05) is 24.3 Å². The molecule has 5 nitrogen and oxygen atoms in total. The smallest absolute Gasteiger partial charge is 0.230 e. The van der Waals surface area contributed by atoms with Gasteiger partial charge in [-0.3, -0.25) is 15.7 Å². The summed E-state index contributed by atoms with van der Waals surface area (Å²) >= 11 is 0. The summed E-state index contributed by atoms with van der Waals surface area (Å²) in [7, 11) is 0. The second-order valence-electron chi connectivity index (χ2n) is 7.06. The monoisotopic (exact) mass is 353 g/mol. The number of aromatic nitrogens is 1. The molecule has 1 aliphatic carbocycles. The molecule has 0 bridgehead atoms. The topological polar surface area (TPSA) is 66.7 Å². The SMILES string of the molecule is CC(C)c1ccc(Oc2ncccc2C(=NC2CCCCC2)NO)cc1. The molecule has 138 valence electrons. The van der Waals surface area contributed by atoms with E-state index in [-0.39, 0.29) is 6.04 Å². The van der Waals surface area contributed by atoms with Crippen LogP contribution in [0.15, 0.2) is 47.6 Å². The van der Waals surface area contributed by atoms with Gasteiger partial charge in [0.15, 0.2) is 5.84 Å². The molecule has 0 spiro atoms. The van der Waals surface area contributed by atoms with Gasteiger partial charge in [0.25, 0.3) is 0 Å². The zero-order chi connectivity index (χ0) is 18.4. The molecular formula is C21H27N3O2. The van der Waals surface area contributed by atoms with Crippen LogP contribution in [0.5, 0.6) is 11.6 Å². The van der Waals surface area contributed by atoms with Crippen molar-refractivity contribution in [2.45, 2.75) is 57.9 Å². The maximum absolute atomic E-state index is 9.63. The van der Waals surface area contributed by atoms with Crippen molar-refractivity contribution in [1.29, 1.82) is 0 Å². The minimum absolute atomic E-state index is 0.233. The Kier molecular flexibility index (Phi) is 6.23. The minimum Gasteiger partial charge on any atom is -0.438 e. The van der Waals surface area contributed by atoms with Crippen LogP contribution < -0.4 is 10.2 Å². The summed E-state index contributed by atoms with van der Waals surface area (Å²) < 4.78 is 5.97. The standard InChI is InChI=1S/C21H27N3O2/c1-15(2)16-10-12-18(13-11-16)26-21-19(9-6-14-22-21)20(24-25)23-17-7-4-3-5-8-17/h6,9-15,17,25H,3-5,7-8H2,1-2H3,(H,23,24). The van der Waals surface area contributed by atoms with Gasteiger partial charge in [0.2, 0.25) is 5.88 Å². The van der Waals surface area contributed by atoms with Gasteiger partial charge in [-0.25, -0.2) is 4.98 Å². The minimum atomic E-state index is 0.233. The van der Waals surface area contributed by atoms with Crippen LogP contribution in [0.3, 0.4) is 0 Å². The molecule has 2 N–H and O–H groups in total. The summed E-state index contributed by atoms with van der Waals surface area (Å²) in [6, 6.07) is 11.9. The van der Waals surface area contributed by atoms with Crippen LogP contribution in [0.2, 0.25) is 0 Å². The average molecular weight is 353 g/mol. The molecule has 1 aromatic heterocycles. The summed E-state index contributed by atoms with van der Waals surface area (Å²) in [4.78, 5) is 9.04. The maximum Gasteiger partial charge on any atom is 0.230 e. The third kappa shape index (κ3) is 4.61. The molecule has 3 rings (SSSR count). The summed E-state index contributed by atoms with van der Waals surface area (Å²) in [6.07, 6.45) is 7.42. The molecule has 26 heavy (non-hydrogen) atoms. The number of nitrogens with one attached hydrogen (secondary N) is 1. The van der Waals surface area contributed by atoms with E-state index in [2.05, 4.69) is 36.4 Å². The van der Waals surface area contributed by atoms with Crippen molar-refractivity contribution in [3.8, 4) is 11.6 Å². The van der Waals surface area contributed by atoms with E-state index in [9.17, 15) is 5.21 Å². The third-order valence-corrected chi connectivity index (χ3v) is 4.78. The molecule has 0 atom stereocenters. The summed E-state index contributed by atoms with van der Waals surface area (Å²) in [6.45, 7) is 4.32. The van der Waals surface area contributed by atoms with E-state index in [0.717, 1.165) is 12.8 Å². The number of benzene rings is 1. The Hall–Kier alpha value is -2.40. The van der Waals surface area contributed by atoms with E-state index in [0.29, 0.717) is 28.9 Å². The van der Waals surface area contributed by atoms with Gasteiger partial charge in [-0.1, -0.05) is 45.2 Å². The van der Waals surface area contributed by atoms with Gasteiger partial charge in [0.05, 0.1) is 11.6 Å². The molecule has 0 amide bonds. The Morgan fingerprint density at radius 2 is 1.88 bits per heavy atom. The second kappa shape index (κ2) is 8.81. The lowest BCUT2D eigenvalue weighted by molar-refractivity contribution is 0.233. The zero-order valence-electron chi connectivity index (χ0n) is 15.5. The van der Waals surface area contributed by atoms with E-state index < -0.39 is 0 Å². The fourth-order valence-corrected chi connectivity index (χ4v) is 3.24. The Morgan fingerprint density at radius 1 is 1.15 bits per heavy atom. The molecule has 2 aromatic rings. The zero-order valence-corrected chi connectivity index (χ0v) is 15.5. The molecule has 0 radical (unpaired) electrons. The van der Waals surface area contributed by atoms with Crippen LogP contribution in [0.25, 0.3) is 0 Å². The van der Waals surface area contributed by atoms with E-state index in [1.165, 1.54) is 24.8 Å². The molecule has 0 aliphatic heterocycles. The highest BCUT2D eigenvalue weighted by Crippen LogP contribution is 2.26. The lowest BCUT2D eigenvalue weighted by Gasteiger charge is -2.19. The summed E-state index contributed by atoms with van der Waals surface area (Å²) in [5, 5.41) is 9.63. The number of pyridine rings is 1. The fourth-order valence-electron chi connectivity index (χ4n) is 3.24. The van der Waals surface area contributed by atoms with E-state index in [4.69, 9.17) is 9.73 Å². The molecule has 0 unspecified atom stereocenters. The van der Waals surface area contributed by atoms with Crippen LogP contribution >= 0.6 is 0 Å². The highest BCUT2D eigenvalue weighted by Gasteiger charge is 2.17. The Morgan fingerprint density at radius 3 is 2.54 bits per heavy atom. The van der Waals surface area contributed by atoms with E-state index >= 15 is 0 Å². The van der Waals surface area contributed by atoms with Crippen molar-refractivity contribution in [2.75, 3.05) is 0 Å².